The van der Waals surface area contributed by atoms with Gasteiger partial charge in [0.2, 0.25) is 0 Å². The number of unbranched alkanes of at least 4 members (excludes halogenated alkanes) is 1. The normalized spacial score (nSPS) is 7.00. The van der Waals surface area contributed by atoms with Gasteiger partial charge in [-0.2, -0.15) is 0 Å². The molecular formula is C4H13NO. The lowest BCUT2D eigenvalue weighted by atomic mass is 10.4. The summed E-state index contributed by atoms with van der Waals surface area (Å²) in [5.74, 6) is 0. The third kappa shape index (κ3) is 9.07. The van der Waals surface area contributed by atoms with Crippen molar-refractivity contribution in [3.63, 3.8) is 0 Å². The fourth-order valence-electron chi connectivity index (χ4n) is 0.158. The van der Waals surface area contributed by atoms with Gasteiger partial charge in [-0.15, -0.1) is 0 Å². The van der Waals surface area contributed by atoms with Gasteiger partial charge in [-0.25, -0.2) is 0 Å². The van der Waals surface area contributed by atoms with Crippen LogP contribution in [0.2, 0.25) is 0 Å². The van der Waals surface area contributed by atoms with Crippen LogP contribution in [0.25, 0.3) is 0 Å². The summed E-state index contributed by atoms with van der Waals surface area (Å²) < 4.78 is 0. The molecular weight excluding hydrogens is 78.0 g/mol. The lowest BCUT2D eigenvalue weighted by molar-refractivity contribution is 0.287. The average Bonchev–Trinajstić information content (AvgIpc) is 1.41. The predicted molar refractivity (Wildman–Crippen MR) is 27.0 cm³/mol. The van der Waals surface area contributed by atoms with Gasteiger partial charge < -0.3 is 11.3 Å². The van der Waals surface area contributed by atoms with Crippen LogP contribution in [0, 0.1) is 0 Å². The Morgan fingerprint density at radius 3 is 2.00 bits per heavy atom. The monoisotopic (exact) mass is 91.1 g/mol. The summed E-state index contributed by atoms with van der Waals surface area (Å²) in [7, 11) is 0. The molecule has 0 aliphatic carbocycles. The third-order valence-corrected chi connectivity index (χ3v) is 0.512. The maximum Gasteiger partial charge on any atom is 0.0430 e. The topological polar surface area (TPSA) is 55.2 Å². The van der Waals surface area contributed by atoms with Gasteiger partial charge in [0.1, 0.15) is 0 Å². The second kappa shape index (κ2) is 8.87. The van der Waals surface area contributed by atoms with Gasteiger partial charge >= 0.3 is 0 Å². The van der Waals surface area contributed by atoms with Crippen LogP contribution in [0.3, 0.4) is 0 Å². The Hall–Kier alpha value is -0.0800. The van der Waals surface area contributed by atoms with E-state index in [-0.39, 0.29) is 6.15 Å². The Bertz CT molecular complexity index is 15.0. The van der Waals surface area contributed by atoms with Crippen molar-refractivity contribution in [1.29, 1.82) is 0 Å². The highest BCUT2D eigenvalue weighted by atomic mass is 16.2. The molecule has 4 N–H and O–H groups in total. The lowest BCUT2D eigenvalue weighted by Crippen LogP contribution is -1.75. The second-order valence-electron chi connectivity index (χ2n) is 1.08. The van der Waals surface area contributed by atoms with E-state index in [1.54, 1.807) is 0 Å². The molecule has 0 aliphatic heterocycles. The summed E-state index contributed by atoms with van der Waals surface area (Å²) in [5.41, 5.74) is 0. The van der Waals surface area contributed by atoms with E-state index < -0.39 is 0 Å². The Kier molecular flexibility index (Phi) is 13.8. The molecule has 0 aromatic rings. The Morgan fingerprint density at radius 1 is 1.50 bits per heavy atom. The van der Waals surface area contributed by atoms with Crippen molar-refractivity contribution < 1.29 is 5.11 Å². The van der Waals surface area contributed by atoms with E-state index in [9.17, 15) is 0 Å². The predicted octanol–water partition coefficient (Wildman–Crippen LogP) is 0.941. The molecule has 0 radical (unpaired) electrons. The molecule has 0 aromatic carbocycles. The van der Waals surface area contributed by atoms with Crippen molar-refractivity contribution in [2.75, 3.05) is 6.61 Å². The average molecular weight is 91.2 g/mol. The van der Waals surface area contributed by atoms with Crippen LogP contribution in [-0.2, 0) is 0 Å². The highest BCUT2D eigenvalue weighted by Gasteiger charge is 1.69. The van der Waals surface area contributed by atoms with Crippen LogP contribution in [0.4, 0.5) is 0 Å². The zero-order chi connectivity index (χ0) is 4.12. The fraction of sp³-hybridized carbons (Fsp3) is 1.00. The van der Waals surface area contributed by atoms with Crippen LogP contribution < -0.4 is 6.15 Å². The SMILES string of the molecule is CCCCO.N. The van der Waals surface area contributed by atoms with E-state index in [2.05, 4.69) is 6.92 Å². The summed E-state index contributed by atoms with van der Waals surface area (Å²) >= 11 is 0. The molecule has 0 unspecified atom stereocenters. The third-order valence-electron chi connectivity index (χ3n) is 0.512. The summed E-state index contributed by atoms with van der Waals surface area (Å²) in [4.78, 5) is 0. The van der Waals surface area contributed by atoms with Crippen LogP contribution in [0.5, 0.6) is 0 Å². The Morgan fingerprint density at radius 2 is 2.00 bits per heavy atom. The summed E-state index contributed by atoms with van der Waals surface area (Å²) in [6, 6.07) is 0. The number of hydrogen-bond acceptors (Lipinski definition) is 2. The fourth-order valence-corrected chi connectivity index (χ4v) is 0.158. The largest absolute Gasteiger partial charge is 0.396 e. The first-order chi connectivity index (χ1) is 2.41. The molecule has 0 rings (SSSR count). The lowest BCUT2D eigenvalue weighted by Gasteiger charge is -1.79. The highest BCUT2D eigenvalue weighted by molar-refractivity contribution is 4.23. The van der Waals surface area contributed by atoms with Gasteiger partial charge in [0, 0.05) is 6.61 Å². The smallest absolute Gasteiger partial charge is 0.0430 e. The molecule has 0 spiro atoms. The van der Waals surface area contributed by atoms with Crippen LogP contribution in [-0.4, -0.2) is 11.7 Å². The molecule has 0 amide bonds. The molecule has 0 bridgehead atoms. The summed E-state index contributed by atoms with van der Waals surface area (Å²) in [6.45, 7) is 2.40. The van der Waals surface area contributed by atoms with Gasteiger partial charge in [-0.1, -0.05) is 13.3 Å². The number of aliphatic hydroxyl groups excluding tert-OH is 1. The van der Waals surface area contributed by atoms with E-state index in [0.717, 1.165) is 12.8 Å². The Labute approximate surface area is 38.8 Å². The zero-order valence-electron chi connectivity index (χ0n) is 4.28. The van der Waals surface area contributed by atoms with Crippen LogP contribution in [0.15, 0.2) is 0 Å². The standard InChI is InChI=1S/C4H10O.H3N/c1-2-3-4-5;/h5H,2-4H2,1H3;1H3. The molecule has 0 heterocycles. The van der Waals surface area contributed by atoms with Crippen LogP contribution in [0.1, 0.15) is 19.8 Å². The highest BCUT2D eigenvalue weighted by Crippen LogP contribution is 1.78. The molecule has 0 aromatic heterocycles. The number of hydrogen-bond donors (Lipinski definition) is 2. The number of rotatable bonds is 2. The van der Waals surface area contributed by atoms with Gasteiger partial charge in [0.25, 0.3) is 0 Å². The molecule has 2 heteroatoms. The minimum Gasteiger partial charge on any atom is -0.396 e. The van der Waals surface area contributed by atoms with Crippen molar-refractivity contribution in [3.8, 4) is 0 Å². The molecule has 0 aliphatic rings. The molecule has 6 heavy (non-hydrogen) atoms. The molecule has 40 valence electrons. The van der Waals surface area contributed by atoms with Gasteiger partial charge in [0.05, 0.1) is 0 Å². The first kappa shape index (κ1) is 9.33. The van der Waals surface area contributed by atoms with E-state index >= 15 is 0 Å². The van der Waals surface area contributed by atoms with E-state index in [0.29, 0.717) is 6.61 Å². The zero-order valence-corrected chi connectivity index (χ0v) is 4.28. The second-order valence-corrected chi connectivity index (χ2v) is 1.08. The first-order valence-electron chi connectivity index (χ1n) is 2.02. The van der Waals surface area contributed by atoms with Gasteiger partial charge in [0.15, 0.2) is 0 Å². The van der Waals surface area contributed by atoms with E-state index in [4.69, 9.17) is 5.11 Å². The molecule has 0 fully saturated rings. The summed E-state index contributed by atoms with van der Waals surface area (Å²) in [5, 5.41) is 8.07. The minimum atomic E-state index is 0. The minimum absolute atomic E-state index is 0. The van der Waals surface area contributed by atoms with Gasteiger partial charge in [-0.3, -0.25) is 0 Å². The molecule has 0 saturated carbocycles. The first-order valence-corrected chi connectivity index (χ1v) is 2.02. The molecule has 0 atom stereocenters. The maximum absolute atomic E-state index is 8.07. The quantitative estimate of drug-likeness (QED) is 0.531. The maximum atomic E-state index is 8.07. The molecule has 0 saturated heterocycles. The van der Waals surface area contributed by atoms with E-state index in [1.165, 1.54) is 0 Å². The van der Waals surface area contributed by atoms with Crippen molar-refractivity contribution >= 4 is 0 Å². The van der Waals surface area contributed by atoms with Crippen molar-refractivity contribution in [1.82, 2.24) is 6.15 Å². The van der Waals surface area contributed by atoms with Gasteiger partial charge in [-0.05, 0) is 6.42 Å². The number of aliphatic hydroxyl groups is 1. The Balaban J connectivity index is 0. The van der Waals surface area contributed by atoms with Crippen molar-refractivity contribution in [2.24, 2.45) is 0 Å². The van der Waals surface area contributed by atoms with E-state index in [1.807, 2.05) is 0 Å². The van der Waals surface area contributed by atoms with Crippen LogP contribution >= 0.6 is 0 Å². The van der Waals surface area contributed by atoms with Crippen molar-refractivity contribution in [3.05, 3.63) is 0 Å². The molecule has 2 nitrogen and oxygen atoms in total. The van der Waals surface area contributed by atoms with Crippen molar-refractivity contribution in [2.45, 2.75) is 19.8 Å². The summed E-state index contributed by atoms with van der Waals surface area (Å²) in [6.07, 6.45) is 2.04.